The van der Waals surface area contributed by atoms with E-state index in [9.17, 15) is 0 Å². The van der Waals surface area contributed by atoms with Gasteiger partial charge in [0.05, 0.1) is 0 Å². The topological polar surface area (TPSA) is 0 Å². The molecule has 2 heteroatoms. The van der Waals surface area contributed by atoms with Crippen LogP contribution in [-0.4, -0.2) is 17.8 Å². The largest absolute Gasteiger partial charge is 0.165 e. The molecule has 0 bridgehead atoms. The minimum absolute atomic E-state index is 0.844. The summed E-state index contributed by atoms with van der Waals surface area (Å²) in [7, 11) is 0. The zero-order chi connectivity index (χ0) is 7.82. The van der Waals surface area contributed by atoms with Crippen LogP contribution in [0.5, 0.6) is 0 Å². The predicted molar refractivity (Wildman–Crippen MR) is 54.8 cm³/mol. The van der Waals surface area contributed by atoms with E-state index in [1.165, 1.54) is 11.5 Å². The van der Waals surface area contributed by atoms with E-state index >= 15 is 0 Å². The van der Waals surface area contributed by atoms with Crippen LogP contribution in [0.4, 0.5) is 0 Å². The lowest BCUT2D eigenvalue weighted by Gasteiger charge is -2.05. The Morgan fingerprint density at radius 1 is 1.40 bits per heavy atom. The molecule has 0 radical (unpaired) electrons. The first kappa shape index (κ1) is 10.4. The minimum Gasteiger partial charge on any atom is -0.165 e. The molecule has 0 fully saturated rings. The molecule has 0 saturated heterocycles. The minimum atomic E-state index is 0.844. The number of thioether (sulfide) groups is 2. The molecular formula is C8H16S2. The lowest BCUT2D eigenvalue weighted by molar-refractivity contribution is 0.766. The molecule has 0 amide bonds. The molecule has 0 aliphatic heterocycles. The van der Waals surface area contributed by atoms with Crippen LogP contribution in [-0.2, 0) is 0 Å². The van der Waals surface area contributed by atoms with Crippen LogP contribution in [0.15, 0.2) is 11.5 Å². The Morgan fingerprint density at radius 2 is 2.10 bits per heavy atom. The van der Waals surface area contributed by atoms with Gasteiger partial charge in [-0.25, -0.2) is 0 Å². The van der Waals surface area contributed by atoms with Crippen LogP contribution < -0.4 is 0 Å². The van der Waals surface area contributed by atoms with Gasteiger partial charge < -0.3 is 0 Å². The molecule has 0 heterocycles. The monoisotopic (exact) mass is 176 g/mol. The third kappa shape index (κ3) is 6.56. The number of allylic oxidation sites excluding steroid dienone is 1. The number of hydrogen-bond donors (Lipinski definition) is 0. The molecule has 0 aromatic heterocycles. The molecule has 0 nitrogen and oxygen atoms in total. The van der Waals surface area contributed by atoms with Crippen molar-refractivity contribution in [2.75, 3.05) is 17.8 Å². The molecule has 0 spiro atoms. The highest BCUT2D eigenvalue weighted by Crippen LogP contribution is 2.12. The van der Waals surface area contributed by atoms with Crippen LogP contribution in [0.1, 0.15) is 13.8 Å². The van der Waals surface area contributed by atoms with Crippen molar-refractivity contribution in [2.24, 2.45) is 5.92 Å². The normalized spacial score (nSPS) is 14.3. The van der Waals surface area contributed by atoms with E-state index in [2.05, 4.69) is 31.6 Å². The van der Waals surface area contributed by atoms with Crippen LogP contribution in [0.3, 0.4) is 0 Å². The van der Waals surface area contributed by atoms with Crippen LogP contribution in [0.25, 0.3) is 0 Å². The molecule has 10 heavy (non-hydrogen) atoms. The van der Waals surface area contributed by atoms with Gasteiger partial charge >= 0.3 is 0 Å². The summed E-state index contributed by atoms with van der Waals surface area (Å²) in [5.74, 6) is 3.38. The van der Waals surface area contributed by atoms with E-state index in [1.54, 1.807) is 0 Å². The van der Waals surface area contributed by atoms with E-state index < -0.39 is 0 Å². The molecule has 60 valence electrons. The summed E-state index contributed by atoms with van der Waals surface area (Å²) in [6, 6.07) is 0. The molecule has 0 aliphatic carbocycles. The van der Waals surface area contributed by atoms with Crippen LogP contribution in [0, 0.1) is 5.92 Å². The maximum Gasteiger partial charge on any atom is 0.000754 e. The van der Waals surface area contributed by atoms with Crippen molar-refractivity contribution in [1.82, 2.24) is 0 Å². The van der Waals surface area contributed by atoms with E-state index in [0.717, 1.165) is 5.92 Å². The summed E-state index contributed by atoms with van der Waals surface area (Å²) in [4.78, 5) is 0. The Morgan fingerprint density at radius 3 is 2.60 bits per heavy atom. The fraction of sp³-hybridized carbons (Fsp3) is 0.750. The van der Waals surface area contributed by atoms with Crippen molar-refractivity contribution in [1.29, 1.82) is 0 Å². The van der Waals surface area contributed by atoms with Crippen molar-refractivity contribution in [3.05, 3.63) is 11.5 Å². The van der Waals surface area contributed by atoms with E-state index in [0.29, 0.717) is 0 Å². The van der Waals surface area contributed by atoms with E-state index in [4.69, 9.17) is 0 Å². The Bertz CT molecular complexity index is 89.3. The van der Waals surface area contributed by atoms with Crippen molar-refractivity contribution in [3.63, 3.8) is 0 Å². The summed E-state index contributed by atoms with van der Waals surface area (Å²) in [6.45, 7) is 4.36. The maximum atomic E-state index is 2.30. The van der Waals surface area contributed by atoms with Crippen molar-refractivity contribution < 1.29 is 0 Å². The smallest absolute Gasteiger partial charge is 0.000754 e. The third-order valence-electron chi connectivity index (χ3n) is 1.06. The quantitative estimate of drug-likeness (QED) is 0.630. The zero-order valence-electron chi connectivity index (χ0n) is 6.96. The summed E-state index contributed by atoms with van der Waals surface area (Å²) in [5, 5.41) is 2.16. The fourth-order valence-electron chi connectivity index (χ4n) is 0.649. The summed E-state index contributed by atoms with van der Waals surface area (Å²) in [5.41, 5.74) is 0. The first-order chi connectivity index (χ1) is 4.81. The van der Waals surface area contributed by atoms with Crippen molar-refractivity contribution in [3.8, 4) is 0 Å². The Hall–Kier alpha value is 0.440. The maximum absolute atomic E-state index is 2.30. The highest BCUT2D eigenvalue weighted by Gasteiger charge is 1.97. The second-order valence-corrected chi connectivity index (χ2v) is 4.21. The van der Waals surface area contributed by atoms with Gasteiger partial charge in [0.1, 0.15) is 0 Å². The molecule has 0 aliphatic rings. The van der Waals surface area contributed by atoms with E-state index in [1.807, 2.05) is 23.5 Å². The van der Waals surface area contributed by atoms with Gasteiger partial charge in [-0.05, 0) is 30.3 Å². The zero-order valence-corrected chi connectivity index (χ0v) is 8.60. The highest BCUT2D eigenvalue weighted by atomic mass is 32.2. The van der Waals surface area contributed by atoms with Gasteiger partial charge in [0, 0.05) is 5.75 Å². The van der Waals surface area contributed by atoms with Crippen LogP contribution in [0.2, 0.25) is 0 Å². The molecule has 0 aromatic rings. The predicted octanol–water partition coefficient (Wildman–Crippen LogP) is 3.25. The molecule has 0 N–H and O–H groups in total. The Balaban J connectivity index is 3.12. The van der Waals surface area contributed by atoms with Crippen LogP contribution >= 0.6 is 23.5 Å². The highest BCUT2D eigenvalue weighted by molar-refractivity contribution is 8.02. The van der Waals surface area contributed by atoms with Gasteiger partial charge in [-0.3, -0.25) is 0 Å². The standard InChI is InChI=1S/C8H16S2/c1-4-5-10-7-8(2)6-9-3/h4-5,8H,6-7H2,1-3H3/b5-4-. The summed E-state index contributed by atoms with van der Waals surface area (Å²) >= 11 is 3.84. The van der Waals surface area contributed by atoms with Crippen molar-refractivity contribution >= 4 is 23.5 Å². The van der Waals surface area contributed by atoms with Gasteiger partial charge in [0.2, 0.25) is 0 Å². The Kier molecular flexibility index (Phi) is 7.88. The molecule has 0 saturated carbocycles. The summed E-state index contributed by atoms with van der Waals surface area (Å²) in [6.07, 6.45) is 4.26. The van der Waals surface area contributed by atoms with Gasteiger partial charge in [0.15, 0.2) is 0 Å². The number of hydrogen-bond acceptors (Lipinski definition) is 2. The molecular weight excluding hydrogens is 160 g/mol. The fourth-order valence-corrected chi connectivity index (χ4v) is 2.23. The lowest BCUT2D eigenvalue weighted by atomic mass is 10.3. The average molecular weight is 176 g/mol. The first-order valence-corrected chi connectivity index (χ1v) is 5.97. The van der Waals surface area contributed by atoms with Gasteiger partial charge in [-0.2, -0.15) is 11.8 Å². The van der Waals surface area contributed by atoms with Crippen molar-refractivity contribution in [2.45, 2.75) is 13.8 Å². The lowest BCUT2D eigenvalue weighted by Crippen LogP contribution is -1.99. The van der Waals surface area contributed by atoms with Gasteiger partial charge in [0.25, 0.3) is 0 Å². The molecule has 0 aromatic carbocycles. The van der Waals surface area contributed by atoms with E-state index in [-0.39, 0.29) is 0 Å². The summed E-state index contributed by atoms with van der Waals surface area (Å²) < 4.78 is 0. The molecule has 1 atom stereocenters. The van der Waals surface area contributed by atoms with Gasteiger partial charge in [-0.1, -0.05) is 13.0 Å². The second kappa shape index (κ2) is 7.55. The molecule has 0 rings (SSSR count). The number of rotatable bonds is 5. The molecule has 1 unspecified atom stereocenters. The average Bonchev–Trinajstić information content (AvgIpc) is 1.89. The first-order valence-electron chi connectivity index (χ1n) is 3.53. The SMILES string of the molecule is C/C=C\SCC(C)CSC. The third-order valence-corrected chi connectivity index (χ3v) is 3.19. The second-order valence-electron chi connectivity index (χ2n) is 2.36. The Labute approximate surface area is 72.9 Å². The van der Waals surface area contributed by atoms with Gasteiger partial charge in [-0.15, -0.1) is 11.8 Å².